The van der Waals surface area contributed by atoms with Crippen LogP contribution in [0.2, 0.25) is 19.6 Å². The molecule has 44 valence electrons. The van der Waals surface area contributed by atoms with Crippen LogP contribution in [0, 0.1) is 17.8 Å². The SMILES string of the molecule is C#CC(=N)[Si](C)(C)C. The smallest absolute Gasteiger partial charge is 0.111 e. The normalized spacial score (nSPS) is 10.2. The average molecular weight is 125 g/mol. The Labute approximate surface area is 51.6 Å². The maximum absolute atomic E-state index is 7.21. The summed E-state index contributed by atoms with van der Waals surface area (Å²) >= 11 is 0. The van der Waals surface area contributed by atoms with Gasteiger partial charge in [0.2, 0.25) is 0 Å². The Kier molecular flexibility index (Phi) is 2.00. The van der Waals surface area contributed by atoms with E-state index in [1.165, 1.54) is 0 Å². The fourth-order valence-electron chi connectivity index (χ4n) is 0.217. The molecule has 0 spiro atoms. The van der Waals surface area contributed by atoms with Gasteiger partial charge >= 0.3 is 0 Å². The Morgan fingerprint density at radius 3 is 1.88 bits per heavy atom. The van der Waals surface area contributed by atoms with Crippen LogP contribution >= 0.6 is 0 Å². The minimum Gasteiger partial charge on any atom is -0.301 e. The standard InChI is InChI=1S/C6H11NSi/c1-5-6(7)8(2,3)4/h1,7H,2-4H3. The van der Waals surface area contributed by atoms with Crippen LogP contribution in [-0.2, 0) is 0 Å². The zero-order valence-electron chi connectivity index (χ0n) is 5.58. The lowest BCUT2D eigenvalue weighted by Crippen LogP contribution is -2.31. The third-order valence-electron chi connectivity index (χ3n) is 0.894. The maximum atomic E-state index is 7.21. The van der Waals surface area contributed by atoms with Crippen LogP contribution in [0.25, 0.3) is 0 Å². The van der Waals surface area contributed by atoms with Gasteiger partial charge in [-0.3, -0.25) is 0 Å². The molecule has 0 unspecified atom stereocenters. The van der Waals surface area contributed by atoms with E-state index in [-0.39, 0.29) is 0 Å². The second kappa shape index (κ2) is 2.14. The molecule has 2 heteroatoms. The molecule has 0 heterocycles. The van der Waals surface area contributed by atoms with Crippen LogP contribution in [0.3, 0.4) is 0 Å². The number of hydrogen-bond acceptors (Lipinski definition) is 1. The lowest BCUT2D eigenvalue weighted by molar-refractivity contribution is 1.55. The van der Waals surface area contributed by atoms with Crippen molar-refractivity contribution >= 4 is 13.4 Å². The van der Waals surface area contributed by atoms with Crippen molar-refractivity contribution in [1.82, 2.24) is 0 Å². The Balaban J connectivity index is 4.09. The van der Waals surface area contributed by atoms with E-state index >= 15 is 0 Å². The van der Waals surface area contributed by atoms with Crippen molar-refractivity contribution in [2.75, 3.05) is 0 Å². The third kappa shape index (κ3) is 1.94. The van der Waals surface area contributed by atoms with E-state index < -0.39 is 8.07 Å². The minimum atomic E-state index is -1.41. The molecule has 0 bridgehead atoms. The van der Waals surface area contributed by atoms with Gasteiger partial charge in [-0.25, -0.2) is 0 Å². The molecule has 0 fully saturated rings. The summed E-state index contributed by atoms with van der Waals surface area (Å²) in [6.45, 7) is 6.19. The Hall–Kier alpha value is -0.553. The van der Waals surface area contributed by atoms with Crippen molar-refractivity contribution in [3.8, 4) is 12.3 Å². The zero-order chi connectivity index (χ0) is 6.78. The van der Waals surface area contributed by atoms with Gasteiger partial charge < -0.3 is 5.41 Å². The van der Waals surface area contributed by atoms with Gasteiger partial charge in [0, 0.05) is 0 Å². The van der Waals surface area contributed by atoms with E-state index in [0.29, 0.717) is 5.33 Å². The zero-order valence-corrected chi connectivity index (χ0v) is 6.58. The van der Waals surface area contributed by atoms with E-state index in [2.05, 4.69) is 25.6 Å². The molecular weight excluding hydrogens is 114 g/mol. The molecule has 0 aromatic carbocycles. The number of nitrogens with one attached hydrogen (secondary N) is 1. The Morgan fingerprint density at radius 2 is 1.88 bits per heavy atom. The first-order valence-corrected chi connectivity index (χ1v) is 6.04. The van der Waals surface area contributed by atoms with Crippen LogP contribution in [0.5, 0.6) is 0 Å². The highest BCUT2D eigenvalue weighted by Crippen LogP contribution is 2.00. The first-order valence-electron chi connectivity index (χ1n) is 2.54. The maximum Gasteiger partial charge on any atom is 0.111 e. The summed E-state index contributed by atoms with van der Waals surface area (Å²) in [6, 6.07) is 0. The van der Waals surface area contributed by atoms with Crippen LogP contribution in [-0.4, -0.2) is 13.4 Å². The summed E-state index contributed by atoms with van der Waals surface area (Å²) in [6.07, 6.45) is 5.02. The lowest BCUT2D eigenvalue weighted by atomic mass is 10.8. The van der Waals surface area contributed by atoms with Gasteiger partial charge in [0.05, 0.1) is 5.33 Å². The van der Waals surface area contributed by atoms with Gasteiger partial charge in [0.15, 0.2) is 0 Å². The van der Waals surface area contributed by atoms with Crippen LogP contribution in [0.15, 0.2) is 0 Å². The largest absolute Gasteiger partial charge is 0.301 e. The molecular formula is C6H11NSi. The number of rotatable bonds is 1. The van der Waals surface area contributed by atoms with E-state index in [1.807, 2.05) is 0 Å². The van der Waals surface area contributed by atoms with Crippen LogP contribution < -0.4 is 0 Å². The predicted molar refractivity (Wildman–Crippen MR) is 39.9 cm³/mol. The minimum absolute atomic E-state index is 0.498. The van der Waals surface area contributed by atoms with E-state index in [0.717, 1.165) is 0 Å². The Bertz CT molecular complexity index is 136. The molecule has 0 rings (SSSR count). The van der Waals surface area contributed by atoms with Crippen molar-refractivity contribution in [1.29, 1.82) is 5.41 Å². The monoisotopic (exact) mass is 125 g/mol. The second-order valence-electron chi connectivity index (χ2n) is 2.77. The average Bonchev–Trinajstić information content (AvgIpc) is 1.62. The van der Waals surface area contributed by atoms with Gasteiger partial charge in [0.1, 0.15) is 8.07 Å². The third-order valence-corrected chi connectivity index (χ3v) is 2.54. The van der Waals surface area contributed by atoms with E-state index in [9.17, 15) is 0 Å². The van der Waals surface area contributed by atoms with Gasteiger partial charge in [-0.15, -0.1) is 6.42 Å². The molecule has 8 heavy (non-hydrogen) atoms. The summed E-state index contributed by atoms with van der Waals surface area (Å²) in [5.74, 6) is 2.35. The highest BCUT2D eigenvalue weighted by atomic mass is 28.3. The van der Waals surface area contributed by atoms with Crippen molar-refractivity contribution in [3.05, 3.63) is 0 Å². The number of terminal acetylenes is 1. The number of hydrogen-bond donors (Lipinski definition) is 1. The molecule has 0 saturated heterocycles. The predicted octanol–water partition coefficient (Wildman–Crippen LogP) is 1.52. The van der Waals surface area contributed by atoms with Crippen LogP contribution in [0.4, 0.5) is 0 Å². The summed E-state index contributed by atoms with van der Waals surface area (Å²) in [4.78, 5) is 0. The van der Waals surface area contributed by atoms with E-state index in [4.69, 9.17) is 11.8 Å². The molecule has 0 saturated carbocycles. The Morgan fingerprint density at radius 1 is 1.50 bits per heavy atom. The molecule has 0 aliphatic carbocycles. The first kappa shape index (κ1) is 7.45. The van der Waals surface area contributed by atoms with E-state index in [1.54, 1.807) is 0 Å². The van der Waals surface area contributed by atoms with Crippen LogP contribution in [0.1, 0.15) is 0 Å². The summed E-state index contributed by atoms with van der Waals surface area (Å²) < 4.78 is 0. The molecule has 0 aromatic rings. The molecule has 1 nitrogen and oxygen atoms in total. The molecule has 1 N–H and O–H groups in total. The lowest BCUT2D eigenvalue weighted by Gasteiger charge is -2.10. The van der Waals surface area contributed by atoms with Gasteiger partial charge in [-0.2, -0.15) is 0 Å². The molecule has 0 radical (unpaired) electrons. The summed E-state index contributed by atoms with van der Waals surface area (Å²) in [5.41, 5.74) is 0. The first-order chi connectivity index (χ1) is 3.48. The molecule has 0 aromatic heterocycles. The van der Waals surface area contributed by atoms with Gasteiger partial charge in [-0.1, -0.05) is 25.6 Å². The molecule has 0 atom stereocenters. The fraction of sp³-hybridized carbons (Fsp3) is 0.500. The molecule has 0 amide bonds. The highest BCUT2D eigenvalue weighted by molar-refractivity contribution is 7.06. The van der Waals surface area contributed by atoms with Crippen molar-refractivity contribution in [2.24, 2.45) is 0 Å². The van der Waals surface area contributed by atoms with Gasteiger partial charge in [0.25, 0.3) is 0 Å². The van der Waals surface area contributed by atoms with Crippen molar-refractivity contribution in [3.63, 3.8) is 0 Å². The summed E-state index contributed by atoms with van der Waals surface area (Å²) in [7, 11) is -1.41. The second-order valence-corrected chi connectivity index (χ2v) is 7.77. The van der Waals surface area contributed by atoms with Crippen molar-refractivity contribution in [2.45, 2.75) is 19.6 Å². The van der Waals surface area contributed by atoms with Gasteiger partial charge in [-0.05, 0) is 0 Å². The topological polar surface area (TPSA) is 23.9 Å². The summed E-state index contributed by atoms with van der Waals surface area (Å²) in [5, 5.41) is 7.71. The molecule has 0 aliphatic heterocycles. The quantitative estimate of drug-likeness (QED) is 0.312. The van der Waals surface area contributed by atoms with Crippen molar-refractivity contribution < 1.29 is 0 Å². The molecule has 0 aliphatic rings. The highest BCUT2D eigenvalue weighted by Gasteiger charge is 2.17. The fourth-order valence-corrected chi connectivity index (χ4v) is 0.650.